The van der Waals surface area contributed by atoms with Crippen molar-refractivity contribution in [2.24, 2.45) is 5.92 Å². The van der Waals surface area contributed by atoms with Crippen LogP contribution in [0.15, 0.2) is 42.5 Å². The highest BCUT2D eigenvalue weighted by atomic mass is 16.5. The van der Waals surface area contributed by atoms with Crippen LogP contribution in [0.4, 0.5) is 0 Å². The summed E-state index contributed by atoms with van der Waals surface area (Å²) in [6.07, 6.45) is 6.03. The molecule has 1 saturated carbocycles. The van der Waals surface area contributed by atoms with Gasteiger partial charge in [0.2, 0.25) is 5.91 Å². The van der Waals surface area contributed by atoms with Gasteiger partial charge in [-0.2, -0.15) is 0 Å². The summed E-state index contributed by atoms with van der Waals surface area (Å²) in [7, 11) is 0. The molecule has 0 bridgehead atoms. The number of nitrogens with one attached hydrogen (secondary N) is 1. The van der Waals surface area contributed by atoms with E-state index in [1.807, 2.05) is 19.1 Å². The van der Waals surface area contributed by atoms with E-state index in [0.29, 0.717) is 12.3 Å². The number of hydrogen-bond donors (Lipinski definition) is 1. The van der Waals surface area contributed by atoms with E-state index in [4.69, 9.17) is 4.74 Å². The largest absolute Gasteiger partial charge is 0.484 e. The summed E-state index contributed by atoms with van der Waals surface area (Å²) < 4.78 is 5.81. The third kappa shape index (κ3) is 4.98. The van der Waals surface area contributed by atoms with E-state index in [0.717, 1.165) is 56.2 Å². The van der Waals surface area contributed by atoms with Crippen molar-refractivity contribution in [3.05, 3.63) is 64.7 Å². The molecule has 1 heterocycles. The monoisotopic (exact) mass is 434 g/mol. The van der Waals surface area contributed by atoms with E-state index in [-0.39, 0.29) is 30.4 Å². The molecule has 1 aliphatic carbocycles. The predicted octanol–water partition coefficient (Wildman–Crippen LogP) is 4.56. The van der Waals surface area contributed by atoms with Crippen LogP contribution in [0.1, 0.15) is 67.3 Å². The number of hydrogen-bond acceptors (Lipinski definition) is 3. The SMILES string of the molecule is CCCNC(=O)COc1ccc2c(c1)[C@@H](c1ccc(C)cc1)N(C(=O)C1CCCC1)CC2. The molecule has 4 rings (SSSR count). The molecule has 1 atom stereocenters. The lowest BCUT2D eigenvalue weighted by atomic mass is 9.86. The van der Waals surface area contributed by atoms with Crippen LogP contribution in [0, 0.1) is 12.8 Å². The van der Waals surface area contributed by atoms with Gasteiger partial charge in [0.05, 0.1) is 6.04 Å². The van der Waals surface area contributed by atoms with E-state index in [9.17, 15) is 9.59 Å². The standard InChI is InChI=1S/C27H34N2O3/c1-3-15-28-25(30)18-32-23-13-12-20-14-16-29(27(31)22-6-4-5-7-22)26(24(20)17-23)21-10-8-19(2)9-11-21/h8-13,17,22,26H,3-7,14-16,18H2,1-2H3,(H,28,30)/t26-/m1/s1. The molecule has 2 aromatic carbocycles. The Labute approximate surface area is 191 Å². The van der Waals surface area contributed by atoms with E-state index in [1.165, 1.54) is 11.1 Å². The Hall–Kier alpha value is -2.82. The van der Waals surface area contributed by atoms with E-state index in [2.05, 4.69) is 47.5 Å². The Bertz CT molecular complexity index is 948. The van der Waals surface area contributed by atoms with Crippen molar-refractivity contribution in [2.45, 2.75) is 58.4 Å². The van der Waals surface area contributed by atoms with Crippen LogP contribution < -0.4 is 10.1 Å². The molecule has 2 aromatic rings. The van der Waals surface area contributed by atoms with Gasteiger partial charge in [-0.05, 0) is 61.4 Å². The minimum absolute atomic E-state index is 0.00129. The average molecular weight is 435 g/mol. The topological polar surface area (TPSA) is 58.6 Å². The highest BCUT2D eigenvalue weighted by molar-refractivity contribution is 5.80. The summed E-state index contributed by atoms with van der Waals surface area (Å²) in [6.45, 7) is 5.49. The number of rotatable bonds is 7. The van der Waals surface area contributed by atoms with Gasteiger partial charge in [-0.25, -0.2) is 0 Å². The normalized spacial score (nSPS) is 18.3. The maximum absolute atomic E-state index is 13.5. The maximum atomic E-state index is 13.5. The highest BCUT2D eigenvalue weighted by Gasteiger charge is 2.36. The number of carbonyl (C=O) groups is 2. The quantitative estimate of drug-likeness (QED) is 0.695. The van der Waals surface area contributed by atoms with Crippen LogP contribution in [0.25, 0.3) is 0 Å². The minimum Gasteiger partial charge on any atom is -0.484 e. The molecule has 5 heteroatoms. The maximum Gasteiger partial charge on any atom is 0.257 e. The molecule has 1 aliphatic heterocycles. The van der Waals surface area contributed by atoms with Crippen molar-refractivity contribution in [1.82, 2.24) is 10.2 Å². The molecule has 0 radical (unpaired) electrons. The molecule has 5 nitrogen and oxygen atoms in total. The lowest BCUT2D eigenvalue weighted by Gasteiger charge is -2.39. The molecule has 0 aromatic heterocycles. The summed E-state index contributed by atoms with van der Waals surface area (Å²) in [6, 6.07) is 14.4. The number of benzene rings is 2. The molecule has 0 unspecified atom stereocenters. The van der Waals surface area contributed by atoms with E-state index in [1.54, 1.807) is 0 Å². The van der Waals surface area contributed by atoms with Crippen LogP contribution in [0.3, 0.4) is 0 Å². The molecule has 32 heavy (non-hydrogen) atoms. The Balaban J connectivity index is 1.63. The zero-order valence-corrected chi connectivity index (χ0v) is 19.2. The first-order valence-corrected chi connectivity index (χ1v) is 12.0. The van der Waals surface area contributed by atoms with Crippen molar-refractivity contribution in [1.29, 1.82) is 0 Å². The molecule has 1 fully saturated rings. The fourth-order valence-electron chi connectivity index (χ4n) is 4.90. The van der Waals surface area contributed by atoms with Gasteiger partial charge < -0.3 is 15.0 Å². The fourth-order valence-corrected chi connectivity index (χ4v) is 4.90. The average Bonchev–Trinajstić information content (AvgIpc) is 3.36. The Morgan fingerprint density at radius 2 is 1.84 bits per heavy atom. The molecule has 1 N–H and O–H groups in total. The number of fused-ring (bicyclic) bond motifs is 1. The molecule has 0 saturated heterocycles. The third-order valence-electron chi connectivity index (χ3n) is 6.67. The number of ether oxygens (including phenoxy) is 1. The first-order valence-electron chi connectivity index (χ1n) is 12.0. The third-order valence-corrected chi connectivity index (χ3v) is 6.67. The van der Waals surface area contributed by atoms with Gasteiger partial charge in [0, 0.05) is 19.0 Å². The summed E-state index contributed by atoms with van der Waals surface area (Å²) in [5.41, 5.74) is 4.68. The van der Waals surface area contributed by atoms with Gasteiger partial charge in [0.1, 0.15) is 5.75 Å². The van der Waals surface area contributed by atoms with Crippen LogP contribution in [-0.4, -0.2) is 36.4 Å². The van der Waals surface area contributed by atoms with Crippen LogP contribution >= 0.6 is 0 Å². The van der Waals surface area contributed by atoms with Crippen LogP contribution in [0.5, 0.6) is 5.75 Å². The first kappa shape index (κ1) is 22.4. The van der Waals surface area contributed by atoms with Crippen molar-refractivity contribution in [2.75, 3.05) is 19.7 Å². The molecule has 0 spiro atoms. The predicted molar refractivity (Wildman–Crippen MR) is 126 cm³/mol. The first-order chi connectivity index (χ1) is 15.6. The van der Waals surface area contributed by atoms with Crippen molar-refractivity contribution in [3.63, 3.8) is 0 Å². The van der Waals surface area contributed by atoms with Crippen molar-refractivity contribution >= 4 is 11.8 Å². The van der Waals surface area contributed by atoms with Gasteiger partial charge >= 0.3 is 0 Å². The Morgan fingerprint density at radius 1 is 1.09 bits per heavy atom. The fraction of sp³-hybridized carbons (Fsp3) is 0.481. The second-order valence-corrected chi connectivity index (χ2v) is 9.08. The number of aryl methyl sites for hydroxylation is 1. The van der Waals surface area contributed by atoms with Gasteiger partial charge in [-0.3, -0.25) is 9.59 Å². The lowest BCUT2D eigenvalue weighted by molar-refractivity contribution is -0.137. The molecule has 2 amide bonds. The number of nitrogens with zero attached hydrogens (tertiary/aromatic N) is 1. The second-order valence-electron chi connectivity index (χ2n) is 9.08. The van der Waals surface area contributed by atoms with Crippen LogP contribution in [0.2, 0.25) is 0 Å². The Kier molecular flexibility index (Phi) is 7.13. The molecular formula is C27H34N2O3. The summed E-state index contributed by atoms with van der Waals surface area (Å²) in [4.78, 5) is 27.6. The summed E-state index contributed by atoms with van der Waals surface area (Å²) in [5, 5.41) is 2.84. The lowest BCUT2D eigenvalue weighted by Crippen LogP contribution is -2.43. The molecule has 2 aliphatic rings. The van der Waals surface area contributed by atoms with Gasteiger partial charge in [0.15, 0.2) is 6.61 Å². The van der Waals surface area contributed by atoms with Crippen LogP contribution in [-0.2, 0) is 16.0 Å². The number of carbonyl (C=O) groups excluding carboxylic acids is 2. The number of amides is 2. The van der Waals surface area contributed by atoms with Crippen molar-refractivity contribution < 1.29 is 14.3 Å². The van der Waals surface area contributed by atoms with Gasteiger partial charge in [-0.1, -0.05) is 55.7 Å². The summed E-state index contributed by atoms with van der Waals surface area (Å²) >= 11 is 0. The summed E-state index contributed by atoms with van der Waals surface area (Å²) in [5.74, 6) is 0.982. The van der Waals surface area contributed by atoms with E-state index < -0.39 is 0 Å². The highest BCUT2D eigenvalue weighted by Crippen LogP contribution is 2.39. The molecule has 170 valence electrons. The van der Waals surface area contributed by atoms with E-state index >= 15 is 0 Å². The zero-order valence-electron chi connectivity index (χ0n) is 19.2. The molecular weight excluding hydrogens is 400 g/mol. The van der Waals surface area contributed by atoms with Crippen molar-refractivity contribution in [3.8, 4) is 5.75 Å². The van der Waals surface area contributed by atoms with Gasteiger partial charge in [0.25, 0.3) is 5.91 Å². The second kappa shape index (κ2) is 10.2. The Morgan fingerprint density at radius 3 is 2.56 bits per heavy atom. The smallest absolute Gasteiger partial charge is 0.257 e. The van der Waals surface area contributed by atoms with Gasteiger partial charge in [-0.15, -0.1) is 0 Å². The zero-order chi connectivity index (χ0) is 22.5. The minimum atomic E-state index is -0.120.